The topological polar surface area (TPSA) is 130 Å². The molecule has 2 aromatic carbocycles. The minimum absolute atomic E-state index is 0.105. The number of aromatic carboxylic acids is 1. The van der Waals surface area contributed by atoms with Crippen LogP contribution in [0.5, 0.6) is 5.75 Å². The average Bonchev–Trinajstić information content (AvgIpc) is 2.59. The van der Waals surface area contributed by atoms with Crippen molar-refractivity contribution in [3.8, 4) is 16.9 Å². The van der Waals surface area contributed by atoms with Gasteiger partial charge in [-0.2, -0.15) is 0 Å². The van der Waals surface area contributed by atoms with Crippen molar-refractivity contribution in [2.75, 3.05) is 13.2 Å². The van der Waals surface area contributed by atoms with Gasteiger partial charge < -0.3 is 20.1 Å². The molecule has 0 amide bonds. The Morgan fingerprint density at radius 3 is 2.46 bits per heavy atom. The number of ether oxygens (including phenoxy) is 1. The maximum Gasteiger partial charge on any atom is 0.339 e. The lowest BCUT2D eigenvalue weighted by atomic mass is 9.99. The number of hydrogen-bond donors (Lipinski definition) is 3. The number of nitrogens with zero attached hydrogens (tertiary/aromatic N) is 1. The molecule has 2 rings (SSSR count). The van der Waals surface area contributed by atoms with Crippen molar-refractivity contribution in [3.05, 3.63) is 58.1 Å². The summed E-state index contributed by atoms with van der Waals surface area (Å²) < 4.78 is 5.36. The molecule has 8 heteroatoms. The van der Waals surface area contributed by atoms with Crippen LogP contribution in [-0.4, -0.2) is 45.5 Å². The third-order valence-corrected chi connectivity index (χ3v) is 3.27. The van der Waals surface area contributed by atoms with Crippen LogP contribution in [0, 0.1) is 10.1 Å². The van der Waals surface area contributed by atoms with Gasteiger partial charge in [-0.25, -0.2) is 4.79 Å². The van der Waals surface area contributed by atoms with Gasteiger partial charge in [0.05, 0.1) is 17.1 Å². The second kappa shape index (κ2) is 7.53. The van der Waals surface area contributed by atoms with E-state index >= 15 is 0 Å². The zero-order valence-corrected chi connectivity index (χ0v) is 12.5. The van der Waals surface area contributed by atoms with Gasteiger partial charge in [-0.3, -0.25) is 10.1 Å². The number of hydrogen-bond acceptors (Lipinski definition) is 6. The molecule has 0 aliphatic heterocycles. The van der Waals surface area contributed by atoms with Crippen LogP contribution >= 0.6 is 0 Å². The number of carboxylic acids is 1. The standard InChI is InChI=1S/C16H15NO7/c18-8-10(19)9-24-15-12(5-3-6-13(15)16(20)21)11-4-1-2-7-14(11)17(22)23/h1-7,10,18-19H,8-9H2,(H,20,21). The molecular weight excluding hydrogens is 318 g/mol. The van der Waals surface area contributed by atoms with Crippen molar-refractivity contribution < 1.29 is 29.8 Å². The van der Waals surface area contributed by atoms with E-state index in [0.29, 0.717) is 0 Å². The summed E-state index contributed by atoms with van der Waals surface area (Å²) in [4.78, 5) is 22.1. The highest BCUT2D eigenvalue weighted by Gasteiger charge is 2.22. The molecule has 3 N–H and O–H groups in total. The zero-order chi connectivity index (χ0) is 17.7. The molecule has 0 saturated carbocycles. The van der Waals surface area contributed by atoms with E-state index in [1.54, 1.807) is 6.07 Å². The predicted molar refractivity (Wildman–Crippen MR) is 84.1 cm³/mol. The lowest BCUT2D eigenvalue weighted by Crippen LogP contribution is -2.22. The van der Waals surface area contributed by atoms with Gasteiger partial charge in [0, 0.05) is 11.6 Å². The van der Waals surface area contributed by atoms with Gasteiger partial charge in [0.1, 0.15) is 24.0 Å². The summed E-state index contributed by atoms with van der Waals surface area (Å²) >= 11 is 0. The lowest BCUT2D eigenvalue weighted by molar-refractivity contribution is -0.384. The van der Waals surface area contributed by atoms with Gasteiger partial charge in [0.2, 0.25) is 0 Å². The molecule has 0 aromatic heterocycles. The first-order chi connectivity index (χ1) is 11.5. The Bertz CT molecular complexity index is 760. The Kier molecular flexibility index (Phi) is 5.46. The van der Waals surface area contributed by atoms with Gasteiger partial charge in [-0.1, -0.05) is 24.3 Å². The van der Waals surface area contributed by atoms with E-state index in [0.717, 1.165) is 0 Å². The van der Waals surface area contributed by atoms with Crippen LogP contribution in [-0.2, 0) is 0 Å². The van der Waals surface area contributed by atoms with Gasteiger partial charge in [-0.15, -0.1) is 0 Å². The molecule has 8 nitrogen and oxygen atoms in total. The Morgan fingerprint density at radius 1 is 1.17 bits per heavy atom. The lowest BCUT2D eigenvalue weighted by Gasteiger charge is -2.16. The molecule has 0 fully saturated rings. The van der Waals surface area contributed by atoms with E-state index in [-0.39, 0.29) is 34.7 Å². The van der Waals surface area contributed by atoms with E-state index < -0.39 is 23.6 Å². The first kappa shape index (κ1) is 17.4. The molecule has 1 atom stereocenters. The van der Waals surface area contributed by atoms with Gasteiger partial charge >= 0.3 is 5.97 Å². The van der Waals surface area contributed by atoms with Gasteiger partial charge in [-0.05, 0) is 12.1 Å². The SMILES string of the molecule is O=C(O)c1cccc(-c2ccccc2[N+](=O)[O-])c1OCC(O)CO. The molecule has 24 heavy (non-hydrogen) atoms. The number of aliphatic hydroxyl groups is 2. The Hall–Kier alpha value is -2.97. The maximum absolute atomic E-state index is 11.4. The van der Waals surface area contributed by atoms with Crippen molar-refractivity contribution >= 4 is 11.7 Å². The summed E-state index contributed by atoms with van der Waals surface area (Å²) in [7, 11) is 0. The van der Waals surface area contributed by atoms with Crippen LogP contribution < -0.4 is 4.74 Å². The van der Waals surface area contributed by atoms with Gasteiger partial charge in [0.25, 0.3) is 5.69 Å². The summed E-state index contributed by atoms with van der Waals surface area (Å²) in [6.07, 6.45) is -1.20. The zero-order valence-electron chi connectivity index (χ0n) is 12.5. The van der Waals surface area contributed by atoms with E-state index in [1.165, 1.54) is 36.4 Å². The number of carboxylic acid groups (broad SMARTS) is 1. The van der Waals surface area contributed by atoms with E-state index in [1.807, 2.05) is 0 Å². The van der Waals surface area contributed by atoms with Crippen LogP contribution in [0.4, 0.5) is 5.69 Å². The summed E-state index contributed by atoms with van der Waals surface area (Å²) in [6.45, 7) is -0.912. The first-order valence-corrected chi connectivity index (χ1v) is 6.97. The van der Waals surface area contributed by atoms with Crippen molar-refractivity contribution in [1.29, 1.82) is 0 Å². The number of benzene rings is 2. The molecule has 1 unspecified atom stereocenters. The fraction of sp³-hybridized carbons (Fsp3) is 0.188. The summed E-state index contributed by atoms with van der Waals surface area (Å²) in [5, 5.41) is 38.8. The third-order valence-electron chi connectivity index (χ3n) is 3.27. The van der Waals surface area contributed by atoms with Crippen molar-refractivity contribution in [3.63, 3.8) is 0 Å². The maximum atomic E-state index is 11.4. The highest BCUT2D eigenvalue weighted by molar-refractivity contribution is 5.95. The molecule has 0 heterocycles. The smallest absolute Gasteiger partial charge is 0.339 e. The van der Waals surface area contributed by atoms with Crippen molar-refractivity contribution in [1.82, 2.24) is 0 Å². The second-order valence-electron chi connectivity index (χ2n) is 4.91. The molecule has 0 saturated heterocycles. The predicted octanol–water partition coefficient (Wildman–Crippen LogP) is 1.69. The normalized spacial score (nSPS) is 11.8. The minimum atomic E-state index is -1.27. The number of aliphatic hydroxyl groups excluding tert-OH is 2. The summed E-state index contributed by atoms with van der Waals surface area (Å²) in [5.74, 6) is -1.38. The van der Waals surface area contributed by atoms with Crippen molar-refractivity contribution in [2.24, 2.45) is 0 Å². The average molecular weight is 333 g/mol. The van der Waals surface area contributed by atoms with Crippen molar-refractivity contribution in [2.45, 2.75) is 6.10 Å². The van der Waals surface area contributed by atoms with Crippen LogP contribution in [0.1, 0.15) is 10.4 Å². The number of para-hydroxylation sites is 2. The molecule has 0 aliphatic carbocycles. The molecule has 0 bridgehead atoms. The Balaban J connectivity index is 2.60. The van der Waals surface area contributed by atoms with Crippen LogP contribution in [0.3, 0.4) is 0 Å². The summed E-state index contributed by atoms with van der Waals surface area (Å²) in [5.41, 5.74) is 0.00909. The van der Waals surface area contributed by atoms with Crippen LogP contribution in [0.15, 0.2) is 42.5 Å². The largest absolute Gasteiger partial charge is 0.489 e. The van der Waals surface area contributed by atoms with E-state index in [4.69, 9.17) is 9.84 Å². The van der Waals surface area contributed by atoms with Crippen LogP contribution in [0.2, 0.25) is 0 Å². The van der Waals surface area contributed by atoms with Crippen LogP contribution in [0.25, 0.3) is 11.1 Å². The molecule has 2 aromatic rings. The fourth-order valence-electron chi connectivity index (χ4n) is 2.17. The Morgan fingerprint density at radius 2 is 1.83 bits per heavy atom. The molecule has 0 radical (unpaired) electrons. The number of rotatable bonds is 7. The quantitative estimate of drug-likeness (QED) is 0.519. The molecule has 0 aliphatic rings. The Labute approximate surface area is 136 Å². The second-order valence-corrected chi connectivity index (χ2v) is 4.91. The highest BCUT2D eigenvalue weighted by Crippen LogP contribution is 2.38. The van der Waals surface area contributed by atoms with E-state index in [9.17, 15) is 25.1 Å². The van der Waals surface area contributed by atoms with E-state index in [2.05, 4.69) is 0 Å². The molecular formula is C16H15NO7. The number of carbonyl (C=O) groups is 1. The molecule has 126 valence electrons. The fourth-order valence-corrected chi connectivity index (χ4v) is 2.17. The number of nitro benzene ring substituents is 1. The highest BCUT2D eigenvalue weighted by atomic mass is 16.6. The number of nitro groups is 1. The monoisotopic (exact) mass is 333 g/mol. The third kappa shape index (κ3) is 3.67. The minimum Gasteiger partial charge on any atom is -0.489 e. The summed E-state index contributed by atoms with van der Waals surface area (Å²) in [6, 6.07) is 10.1. The first-order valence-electron chi connectivity index (χ1n) is 6.97. The molecule has 0 spiro atoms. The van der Waals surface area contributed by atoms with Gasteiger partial charge in [0.15, 0.2) is 0 Å².